The van der Waals surface area contributed by atoms with Crippen molar-refractivity contribution >= 4 is 22.4 Å². The highest BCUT2D eigenvalue weighted by Gasteiger charge is 2.34. The molecule has 0 radical (unpaired) electrons. The first-order chi connectivity index (χ1) is 15.3. The minimum absolute atomic E-state index is 0.00260. The maximum absolute atomic E-state index is 13.6. The second-order valence-corrected chi connectivity index (χ2v) is 6.95. The van der Waals surface area contributed by atoms with Gasteiger partial charge in [-0.05, 0) is 37.3 Å². The standard InChI is InChI=1S/C21H20F3N5O3/c1-2-28-19(31)14-5-3-4-6-17(14)29-18(26-27-20(28)29)12-25-16-8-7-13(32-10-9-30)11-15(16)21(22,23)24/h3-8,11,25,30H,2,9-10,12H2,1H3. The average Bonchev–Trinajstić information content (AvgIpc) is 3.20. The molecule has 8 nitrogen and oxygen atoms in total. The van der Waals surface area contributed by atoms with E-state index in [2.05, 4.69) is 15.5 Å². The number of alkyl halides is 3. The molecule has 0 saturated heterocycles. The van der Waals surface area contributed by atoms with Gasteiger partial charge in [-0.3, -0.25) is 13.8 Å². The van der Waals surface area contributed by atoms with E-state index in [4.69, 9.17) is 9.84 Å². The maximum Gasteiger partial charge on any atom is 0.418 e. The molecule has 2 aromatic carbocycles. The molecule has 4 rings (SSSR count). The zero-order valence-electron chi connectivity index (χ0n) is 17.1. The second kappa shape index (κ2) is 8.50. The summed E-state index contributed by atoms with van der Waals surface area (Å²) in [5.41, 5.74) is -0.695. The van der Waals surface area contributed by atoms with Crippen LogP contribution in [0.4, 0.5) is 18.9 Å². The molecular formula is C21H20F3N5O3. The lowest BCUT2D eigenvalue weighted by Gasteiger charge is -2.16. The molecule has 0 spiro atoms. The number of aryl methyl sites for hydroxylation is 1. The number of nitrogens with one attached hydrogen (secondary N) is 1. The van der Waals surface area contributed by atoms with Crippen LogP contribution in [0.15, 0.2) is 47.3 Å². The second-order valence-electron chi connectivity index (χ2n) is 6.95. The van der Waals surface area contributed by atoms with Crippen LogP contribution in [-0.2, 0) is 19.3 Å². The zero-order chi connectivity index (χ0) is 22.9. The number of fused-ring (bicyclic) bond motifs is 3. The highest BCUT2D eigenvalue weighted by atomic mass is 19.4. The van der Waals surface area contributed by atoms with Gasteiger partial charge in [0.1, 0.15) is 12.4 Å². The van der Waals surface area contributed by atoms with Crippen LogP contribution in [0.5, 0.6) is 5.75 Å². The molecule has 32 heavy (non-hydrogen) atoms. The van der Waals surface area contributed by atoms with Gasteiger partial charge in [0.2, 0.25) is 5.78 Å². The Hall–Kier alpha value is -3.60. The Morgan fingerprint density at radius 2 is 1.94 bits per heavy atom. The molecule has 0 aliphatic rings. The molecule has 2 N–H and O–H groups in total. The van der Waals surface area contributed by atoms with E-state index in [0.717, 1.165) is 6.07 Å². The first kappa shape index (κ1) is 21.6. The molecule has 2 heterocycles. The van der Waals surface area contributed by atoms with Gasteiger partial charge in [0.25, 0.3) is 5.56 Å². The fraction of sp³-hybridized carbons (Fsp3) is 0.286. The average molecular weight is 447 g/mol. The Morgan fingerprint density at radius 1 is 1.16 bits per heavy atom. The van der Waals surface area contributed by atoms with Crippen LogP contribution in [0, 0.1) is 0 Å². The third-order valence-corrected chi connectivity index (χ3v) is 4.98. The van der Waals surface area contributed by atoms with Gasteiger partial charge < -0.3 is 15.2 Å². The fourth-order valence-corrected chi connectivity index (χ4v) is 3.55. The number of hydrogen-bond donors (Lipinski definition) is 2. The highest BCUT2D eigenvalue weighted by molar-refractivity contribution is 5.80. The number of halogens is 3. The molecule has 4 aromatic rings. The van der Waals surface area contributed by atoms with Crippen molar-refractivity contribution in [3.63, 3.8) is 0 Å². The number of hydrogen-bond acceptors (Lipinski definition) is 6. The molecule has 0 bridgehead atoms. The number of aromatic nitrogens is 4. The Bertz CT molecular complexity index is 1330. The van der Waals surface area contributed by atoms with Gasteiger partial charge in [-0.15, -0.1) is 10.2 Å². The highest BCUT2D eigenvalue weighted by Crippen LogP contribution is 2.37. The third-order valence-electron chi connectivity index (χ3n) is 4.98. The van der Waals surface area contributed by atoms with Gasteiger partial charge in [-0.25, -0.2) is 0 Å². The van der Waals surface area contributed by atoms with E-state index in [1.807, 2.05) is 0 Å². The number of nitrogens with zero attached hydrogens (tertiary/aromatic N) is 4. The van der Waals surface area contributed by atoms with Crippen LogP contribution >= 0.6 is 0 Å². The van der Waals surface area contributed by atoms with Crippen LogP contribution in [0.25, 0.3) is 16.7 Å². The van der Waals surface area contributed by atoms with E-state index in [-0.39, 0.29) is 36.8 Å². The van der Waals surface area contributed by atoms with Crippen LogP contribution in [0.2, 0.25) is 0 Å². The van der Waals surface area contributed by atoms with E-state index < -0.39 is 11.7 Å². The third kappa shape index (κ3) is 3.86. The van der Waals surface area contributed by atoms with E-state index >= 15 is 0 Å². The lowest BCUT2D eigenvalue weighted by atomic mass is 10.1. The smallest absolute Gasteiger partial charge is 0.418 e. The summed E-state index contributed by atoms with van der Waals surface area (Å²) >= 11 is 0. The topological polar surface area (TPSA) is 93.7 Å². The van der Waals surface area contributed by atoms with Gasteiger partial charge in [-0.2, -0.15) is 13.2 Å². The molecule has 0 amide bonds. The first-order valence-corrected chi connectivity index (χ1v) is 9.89. The molecule has 0 unspecified atom stereocenters. The number of aliphatic hydroxyl groups excluding tert-OH is 1. The van der Waals surface area contributed by atoms with Crippen molar-refractivity contribution in [1.82, 2.24) is 19.2 Å². The van der Waals surface area contributed by atoms with Crippen molar-refractivity contribution < 1.29 is 23.0 Å². The van der Waals surface area contributed by atoms with Crippen molar-refractivity contribution in [2.45, 2.75) is 26.2 Å². The predicted octanol–water partition coefficient (Wildman–Crippen LogP) is 3.07. The summed E-state index contributed by atoms with van der Waals surface area (Å²) in [5, 5.41) is 20.3. The Labute approximate surface area is 179 Å². The molecule has 0 aliphatic heterocycles. The summed E-state index contributed by atoms with van der Waals surface area (Å²) in [4.78, 5) is 12.7. The lowest BCUT2D eigenvalue weighted by Crippen LogP contribution is -2.23. The first-order valence-electron chi connectivity index (χ1n) is 9.89. The molecule has 0 aliphatic carbocycles. The number of aliphatic hydroxyl groups is 1. The molecule has 0 saturated carbocycles. The van der Waals surface area contributed by atoms with Gasteiger partial charge >= 0.3 is 6.18 Å². The van der Waals surface area contributed by atoms with Crippen LogP contribution in [0.3, 0.4) is 0 Å². The van der Waals surface area contributed by atoms with Crippen molar-refractivity contribution in [1.29, 1.82) is 0 Å². The summed E-state index contributed by atoms with van der Waals surface area (Å²) in [5.74, 6) is 0.673. The van der Waals surface area contributed by atoms with E-state index in [1.165, 1.54) is 16.7 Å². The summed E-state index contributed by atoms with van der Waals surface area (Å²) in [6, 6.07) is 10.5. The molecule has 11 heteroatoms. The molecule has 0 fully saturated rings. The van der Waals surface area contributed by atoms with E-state index in [1.54, 1.807) is 35.6 Å². The maximum atomic E-state index is 13.6. The molecule has 2 aromatic heterocycles. The molecular weight excluding hydrogens is 427 g/mol. The summed E-state index contributed by atoms with van der Waals surface area (Å²) in [6.07, 6.45) is -4.62. The molecule has 168 valence electrons. The lowest BCUT2D eigenvalue weighted by molar-refractivity contribution is -0.137. The minimum atomic E-state index is -4.62. The number of anilines is 1. The quantitative estimate of drug-likeness (QED) is 0.452. The van der Waals surface area contributed by atoms with E-state index in [0.29, 0.717) is 29.0 Å². The molecule has 0 atom stereocenters. The minimum Gasteiger partial charge on any atom is -0.491 e. The van der Waals surface area contributed by atoms with Gasteiger partial charge in [0.15, 0.2) is 5.82 Å². The zero-order valence-corrected chi connectivity index (χ0v) is 17.1. The number of rotatable bonds is 7. The van der Waals surface area contributed by atoms with Gasteiger partial charge in [-0.1, -0.05) is 12.1 Å². The van der Waals surface area contributed by atoms with Crippen LogP contribution < -0.4 is 15.6 Å². The Morgan fingerprint density at radius 3 is 2.66 bits per heavy atom. The summed E-state index contributed by atoms with van der Waals surface area (Å²) in [6.45, 7) is 1.69. The van der Waals surface area contributed by atoms with Crippen LogP contribution in [0.1, 0.15) is 18.3 Å². The number of benzene rings is 2. The number of para-hydroxylation sites is 1. The van der Waals surface area contributed by atoms with Crippen molar-refractivity contribution in [2.24, 2.45) is 0 Å². The predicted molar refractivity (Wildman–Crippen MR) is 112 cm³/mol. The summed E-state index contributed by atoms with van der Waals surface area (Å²) < 4.78 is 49.0. The SMILES string of the molecule is CCn1c(=O)c2ccccc2n2c(CNc3ccc(OCCO)cc3C(F)(F)F)nnc12. The number of ether oxygens (including phenoxy) is 1. The van der Waals surface area contributed by atoms with Gasteiger partial charge in [0, 0.05) is 12.2 Å². The van der Waals surface area contributed by atoms with Crippen LogP contribution in [-0.4, -0.2) is 37.5 Å². The fourth-order valence-electron chi connectivity index (χ4n) is 3.55. The normalized spacial score (nSPS) is 11.9. The van der Waals surface area contributed by atoms with Crippen molar-refractivity contribution in [3.8, 4) is 5.75 Å². The van der Waals surface area contributed by atoms with Crippen molar-refractivity contribution in [2.75, 3.05) is 18.5 Å². The Kier molecular flexibility index (Phi) is 5.74. The van der Waals surface area contributed by atoms with Crippen molar-refractivity contribution in [3.05, 3.63) is 64.2 Å². The monoisotopic (exact) mass is 447 g/mol. The van der Waals surface area contributed by atoms with Gasteiger partial charge in [0.05, 0.1) is 29.6 Å². The van der Waals surface area contributed by atoms with E-state index in [9.17, 15) is 18.0 Å². The Balaban J connectivity index is 1.74. The largest absolute Gasteiger partial charge is 0.491 e. The summed E-state index contributed by atoms with van der Waals surface area (Å²) in [7, 11) is 0.